The van der Waals surface area contributed by atoms with Gasteiger partial charge in [-0.15, -0.1) is 0 Å². The van der Waals surface area contributed by atoms with E-state index in [1.807, 2.05) is 31.2 Å². The summed E-state index contributed by atoms with van der Waals surface area (Å²) in [4.78, 5) is 23.0. The second-order valence-corrected chi connectivity index (χ2v) is 6.85. The van der Waals surface area contributed by atoms with E-state index in [4.69, 9.17) is 25.8 Å². The van der Waals surface area contributed by atoms with Crippen LogP contribution in [-0.2, 0) is 18.0 Å². The van der Waals surface area contributed by atoms with E-state index in [1.165, 1.54) is 0 Å². The molecule has 3 rings (SSSR count). The van der Waals surface area contributed by atoms with Crippen LogP contribution >= 0.6 is 11.6 Å². The molecule has 0 saturated heterocycles. The van der Waals surface area contributed by atoms with Gasteiger partial charge in [-0.05, 0) is 60.5 Å². The van der Waals surface area contributed by atoms with Crippen LogP contribution in [0.1, 0.15) is 38.8 Å². The first-order valence-corrected chi connectivity index (χ1v) is 9.82. The normalized spacial score (nSPS) is 10.3. The van der Waals surface area contributed by atoms with Crippen molar-refractivity contribution in [3.05, 3.63) is 94.0 Å². The molecule has 0 N–H and O–H groups in total. The van der Waals surface area contributed by atoms with E-state index in [0.29, 0.717) is 28.5 Å². The molecule has 6 heteroatoms. The smallest absolute Gasteiger partial charge is 0.338 e. The van der Waals surface area contributed by atoms with Crippen LogP contribution in [0.25, 0.3) is 0 Å². The zero-order valence-electron chi connectivity index (χ0n) is 16.5. The van der Waals surface area contributed by atoms with Crippen molar-refractivity contribution in [2.45, 2.75) is 20.1 Å². The first kappa shape index (κ1) is 21.4. The molecular weight excluding hydrogens is 404 g/mol. The van der Waals surface area contributed by atoms with E-state index in [9.17, 15) is 9.59 Å². The molecule has 0 atom stereocenters. The van der Waals surface area contributed by atoms with E-state index >= 15 is 0 Å². The first-order valence-electron chi connectivity index (χ1n) is 9.44. The van der Waals surface area contributed by atoms with Gasteiger partial charge in [0.05, 0.1) is 17.2 Å². The van der Waals surface area contributed by atoms with Gasteiger partial charge in [-0.2, -0.15) is 0 Å². The Kier molecular flexibility index (Phi) is 7.46. The molecular formula is C24H21ClO5. The third kappa shape index (κ3) is 5.84. The number of halogens is 1. The number of ether oxygens (including phenoxy) is 3. The Morgan fingerprint density at radius 1 is 0.900 bits per heavy atom. The van der Waals surface area contributed by atoms with E-state index in [-0.39, 0.29) is 13.2 Å². The van der Waals surface area contributed by atoms with Gasteiger partial charge in [0, 0.05) is 5.56 Å². The minimum atomic E-state index is -0.399. The van der Waals surface area contributed by atoms with Crippen molar-refractivity contribution >= 4 is 23.9 Å². The Morgan fingerprint density at radius 2 is 1.57 bits per heavy atom. The fourth-order valence-electron chi connectivity index (χ4n) is 2.69. The molecule has 30 heavy (non-hydrogen) atoms. The van der Waals surface area contributed by atoms with E-state index < -0.39 is 5.97 Å². The molecule has 0 aliphatic carbocycles. The predicted octanol–water partition coefficient (Wildman–Crippen LogP) is 5.49. The molecule has 0 aliphatic rings. The highest BCUT2D eigenvalue weighted by atomic mass is 35.5. The summed E-state index contributed by atoms with van der Waals surface area (Å²) in [5.74, 6) is 0.872. The molecule has 0 amide bonds. The van der Waals surface area contributed by atoms with Crippen molar-refractivity contribution in [2.75, 3.05) is 6.61 Å². The average Bonchev–Trinajstić information content (AvgIpc) is 2.78. The molecule has 0 bridgehead atoms. The third-order valence-electron chi connectivity index (χ3n) is 4.28. The maximum atomic E-state index is 12.3. The van der Waals surface area contributed by atoms with Crippen LogP contribution in [0.2, 0.25) is 5.02 Å². The highest BCUT2D eigenvalue weighted by Crippen LogP contribution is 2.26. The van der Waals surface area contributed by atoms with Gasteiger partial charge in [0.15, 0.2) is 0 Å². The SMILES string of the molecule is CCOc1ccc(COC(=O)c2ccc(COc3ccc(C=O)cc3Cl)cc2)cc1. The summed E-state index contributed by atoms with van der Waals surface area (Å²) in [7, 11) is 0. The van der Waals surface area contributed by atoms with Gasteiger partial charge in [0.1, 0.15) is 31.0 Å². The van der Waals surface area contributed by atoms with Gasteiger partial charge in [0.2, 0.25) is 0 Å². The van der Waals surface area contributed by atoms with E-state index in [1.54, 1.807) is 42.5 Å². The molecule has 0 heterocycles. The third-order valence-corrected chi connectivity index (χ3v) is 4.58. The number of benzene rings is 3. The van der Waals surface area contributed by atoms with Crippen LogP contribution in [0, 0.1) is 0 Å². The summed E-state index contributed by atoms with van der Waals surface area (Å²) < 4.78 is 16.4. The number of carbonyl (C=O) groups excluding carboxylic acids is 2. The Hall–Kier alpha value is -3.31. The topological polar surface area (TPSA) is 61.8 Å². The second-order valence-electron chi connectivity index (χ2n) is 6.45. The minimum absolute atomic E-state index is 0.186. The average molecular weight is 425 g/mol. The minimum Gasteiger partial charge on any atom is -0.494 e. The lowest BCUT2D eigenvalue weighted by atomic mass is 10.1. The van der Waals surface area contributed by atoms with Crippen LogP contribution in [-0.4, -0.2) is 18.9 Å². The van der Waals surface area contributed by atoms with Gasteiger partial charge in [-0.25, -0.2) is 4.79 Å². The number of hydrogen-bond donors (Lipinski definition) is 0. The molecule has 3 aromatic rings. The summed E-state index contributed by atoms with van der Waals surface area (Å²) in [6.45, 7) is 3.00. The van der Waals surface area contributed by atoms with Gasteiger partial charge >= 0.3 is 5.97 Å². The fraction of sp³-hybridized carbons (Fsp3) is 0.167. The molecule has 5 nitrogen and oxygen atoms in total. The summed E-state index contributed by atoms with van der Waals surface area (Å²) in [6, 6.07) is 19.2. The van der Waals surface area contributed by atoms with Crippen molar-refractivity contribution in [2.24, 2.45) is 0 Å². The van der Waals surface area contributed by atoms with Gasteiger partial charge in [-0.3, -0.25) is 4.79 Å². The predicted molar refractivity (Wildman–Crippen MR) is 114 cm³/mol. The van der Waals surface area contributed by atoms with Gasteiger partial charge in [0.25, 0.3) is 0 Å². The molecule has 0 spiro atoms. The van der Waals surface area contributed by atoms with E-state index in [2.05, 4.69) is 0 Å². The van der Waals surface area contributed by atoms with Crippen molar-refractivity contribution < 1.29 is 23.8 Å². The van der Waals surface area contributed by atoms with Gasteiger partial charge < -0.3 is 14.2 Å². The Labute approximate surface area is 180 Å². The maximum Gasteiger partial charge on any atom is 0.338 e. The zero-order valence-corrected chi connectivity index (χ0v) is 17.2. The molecule has 0 saturated carbocycles. The number of carbonyl (C=O) groups is 2. The summed E-state index contributed by atoms with van der Waals surface area (Å²) in [5.41, 5.74) is 2.70. The van der Waals surface area contributed by atoms with E-state index in [0.717, 1.165) is 23.2 Å². The molecule has 0 unspecified atom stereocenters. The summed E-state index contributed by atoms with van der Waals surface area (Å²) in [6.07, 6.45) is 0.726. The summed E-state index contributed by atoms with van der Waals surface area (Å²) in [5, 5.41) is 0.370. The lowest BCUT2D eigenvalue weighted by Gasteiger charge is -2.09. The quantitative estimate of drug-likeness (QED) is 0.336. The number of rotatable bonds is 9. The van der Waals surface area contributed by atoms with Crippen LogP contribution in [0.4, 0.5) is 0 Å². The molecule has 154 valence electrons. The Morgan fingerprint density at radius 3 is 2.20 bits per heavy atom. The number of aldehydes is 1. The molecule has 0 aromatic heterocycles. The Bertz CT molecular complexity index is 997. The molecule has 0 aliphatic heterocycles. The highest BCUT2D eigenvalue weighted by molar-refractivity contribution is 6.32. The van der Waals surface area contributed by atoms with Crippen LogP contribution < -0.4 is 9.47 Å². The molecule has 3 aromatic carbocycles. The monoisotopic (exact) mass is 424 g/mol. The maximum absolute atomic E-state index is 12.3. The second kappa shape index (κ2) is 10.5. The molecule has 0 fully saturated rings. The highest BCUT2D eigenvalue weighted by Gasteiger charge is 2.09. The number of hydrogen-bond acceptors (Lipinski definition) is 5. The first-order chi connectivity index (χ1) is 14.6. The zero-order chi connectivity index (χ0) is 21.3. The number of esters is 1. The lowest BCUT2D eigenvalue weighted by molar-refractivity contribution is 0.0472. The summed E-state index contributed by atoms with van der Waals surface area (Å²) >= 11 is 6.10. The van der Waals surface area contributed by atoms with Crippen molar-refractivity contribution in [3.8, 4) is 11.5 Å². The Balaban J connectivity index is 1.52. The standard InChI is InChI=1S/C24H21ClO5/c1-2-28-21-10-5-18(6-11-21)16-30-24(27)20-8-3-17(4-9-20)15-29-23-12-7-19(14-26)13-22(23)25/h3-14H,2,15-16H2,1H3. The van der Waals surface area contributed by atoms with Gasteiger partial charge in [-0.1, -0.05) is 35.9 Å². The largest absolute Gasteiger partial charge is 0.494 e. The van der Waals surface area contributed by atoms with Crippen molar-refractivity contribution in [1.82, 2.24) is 0 Å². The lowest BCUT2D eigenvalue weighted by Crippen LogP contribution is -2.06. The van der Waals surface area contributed by atoms with Crippen molar-refractivity contribution in [1.29, 1.82) is 0 Å². The van der Waals surface area contributed by atoms with Crippen LogP contribution in [0.5, 0.6) is 11.5 Å². The van der Waals surface area contributed by atoms with Crippen molar-refractivity contribution in [3.63, 3.8) is 0 Å². The molecule has 0 radical (unpaired) electrons. The van der Waals surface area contributed by atoms with Crippen LogP contribution in [0.15, 0.2) is 66.7 Å². The fourth-order valence-corrected chi connectivity index (χ4v) is 2.93. The van der Waals surface area contributed by atoms with Crippen LogP contribution in [0.3, 0.4) is 0 Å².